The van der Waals surface area contributed by atoms with Crippen LogP contribution in [0.5, 0.6) is 0 Å². The largest absolute Gasteiger partial charge is 0.346 e. The summed E-state index contributed by atoms with van der Waals surface area (Å²) in [5.74, 6) is -0.239. The van der Waals surface area contributed by atoms with Gasteiger partial charge in [0.25, 0.3) is 0 Å². The minimum Gasteiger partial charge on any atom is -0.346 e. The van der Waals surface area contributed by atoms with Crippen LogP contribution in [0.1, 0.15) is 0 Å². The van der Waals surface area contributed by atoms with E-state index in [0.29, 0.717) is 0 Å². The van der Waals surface area contributed by atoms with Crippen LogP contribution in [0.4, 0.5) is 4.39 Å². The van der Waals surface area contributed by atoms with Gasteiger partial charge in [0.1, 0.15) is 5.82 Å². The molecule has 0 fully saturated rings. The lowest BCUT2D eigenvalue weighted by atomic mass is 10.0. The van der Waals surface area contributed by atoms with Crippen molar-refractivity contribution in [2.24, 2.45) is 0 Å². The van der Waals surface area contributed by atoms with Crippen molar-refractivity contribution < 1.29 is 4.39 Å². The Labute approximate surface area is 114 Å². The number of aromatic amines is 1. The first kappa shape index (κ1) is 11.1. The fourth-order valence-electron chi connectivity index (χ4n) is 2.53. The Morgan fingerprint density at radius 3 is 2.70 bits per heavy atom. The lowest BCUT2D eigenvalue weighted by Gasteiger charge is -2.07. The number of fused-ring (bicyclic) bond motifs is 3. The zero-order chi connectivity index (χ0) is 13.5. The highest BCUT2D eigenvalue weighted by Crippen LogP contribution is 2.32. The summed E-state index contributed by atoms with van der Waals surface area (Å²) in [5.41, 5.74) is 3.83. The molecule has 0 aliphatic carbocycles. The standard InChI is InChI=1S/C16H10FN3/c17-11-3-1-10(2-4-11)13-7-15-14(8-18-9-20-15)12-5-6-19-16(12)13/h1-9H,(H,18,20). The first-order chi connectivity index (χ1) is 9.83. The zero-order valence-corrected chi connectivity index (χ0v) is 10.5. The Morgan fingerprint density at radius 2 is 1.85 bits per heavy atom. The Balaban J connectivity index is 2.11. The van der Waals surface area contributed by atoms with E-state index in [2.05, 4.69) is 15.0 Å². The quantitative estimate of drug-likeness (QED) is 0.565. The zero-order valence-electron chi connectivity index (χ0n) is 10.5. The summed E-state index contributed by atoms with van der Waals surface area (Å²) in [7, 11) is 0. The molecule has 96 valence electrons. The first-order valence-corrected chi connectivity index (χ1v) is 6.29. The van der Waals surface area contributed by atoms with Gasteiger partial charge in [-0.3, -0.25) is 4.98 Å². The van der Waals surface area contributed by atoms with Crippen LogP contribution in [0.2, 0.25) is 0 Å². The van der Waals surface area contributed by atoms with E-state index in [9.17, 15) is 4.39 Å². The van der Waals surface area contributed by atoms with Crippen LogP contribution in [0, 0.1) is 5.82 Å². The number of hydrogen-bond acceptors (Lipinski definition) is 2. The number of H-pyrrole nitrogens is 1. The van der Waals surface area contributed by atoms with Gasteiger partial charge >= 0.3 is 0 Å². The van der Waals surface area contributed by atoms with E-state index in [4.69, 9.17) is 0 Å². The third kappa shape index (κ3) is 1.58. The lowest BCUT2D eigenvalue weighted by molar-refractivity contribution is 0.628. The summed E-state index contributed by atoms with van der Waals surface area (Å²) in [6.07, 6.45) is 5.26. The minimum atomic E-state index is -0.239. The molecule has 4 aromatic rings. The van der Waals surface area contributed by atoms with E-state index in [1.165, 1.54) is 12.1 Å². The predicted octanol–water partition coefficient (Wildman–Crippen LogP) is 3.92. The van der Waals surface area contributed by atoms with Crippen LogP contribution in [0.3, 0.4) is 0 Å². The molecule has 20 heavy (non-hydrogen) atoms. The molecule has 2 heterocycles. The number of halogens is 1. The molecule has 0 saturated heterocycles. The number of rotatable bonds is 1. The minimum absolute atomic E-state index is 0.239. The van der Waals surface area contributed by atoms with E-state index in [1.54, 1.807) is 24.7 Å². The van der Waals surface area contributed by atoms with Gasteiger partial charge in [-0.1, -0.05) is 12.1 Å². The predicted molar refractivity (Wildman–Crippen MR) is 76.8 cm³/mol. The van der Waals surface area contributed by atoms with Crippen molar-refractivity contribution in [3.8, 4) is 11.1 Å². The molecular formula is C16H10FN3. The van der Waals surface area contributed by atoms with E-state index in [1.807, 2.05) is 18.3 Å². The van der Waals surface area contributed by atoms with E-state index < -0.39 is 0 Å². The molecular weight excluding hydrogens is 253 g/mol. The highest BCUT2D eigenvalue weighted by Gasteiger charge is 2.10. The van der Waals surface area contributed by atoms with Crippen LogP contribution in [0.25, 0.3) is 32.9 Å². The third-order valence-corrected chi connectivity index (χ3v) is 3.48. The van der Waals surface area contributed by atoms with Gasteiger partial charge in [-0.05, 0) is 29.8 Å². The molecule has 0 aliphatic heterocycles. The molecule has 4 rings (SSSR count). The molecule has 0 atom stereocenters. The molecule has 0 spiro atoms. The smallest absolute Gasteiger partial charge is 0.123 e. The third-order valence-electron chi connectivity index (χ3n) is 3.48. The van der Waals surface area contributed by atoms with Crippen molar-refractivity contribution in [1.29, 1.82) is 0 Å². The molecule has 0 aliphatic rings. The Bertz CT molecular complexity index is 910. The van der Waals surface area contributed by atoms with Crippen LogP contribution in [-0.4, -0.2) is 15.0 Å². The summed E-state index contributed by atoms with van der Waals surface area (Å²) in [5, 5.41) is 2.08. The van der Waals surface area contributed by atoms with Crippen molar-refractivity contribution in [1.82, 2.24) is 15.0 Å². The SMILES string of the molecule is Fc1ccc(-c2cc3[nH]cncc3c3ccnc23)cc1. The van der Waals surface area contributed by atoms with Gasteiger partial charge in [-0.2, -0.15) is 0 Å². The van der Waals surface area contributed by atoms with Crippen molar-refractivity contribution in [2.45, 2.75) is 0 Å². The molecule has 0 amide bonds. The summed E-state index contributed by atoms with van der Waals surface area (Å²) < 4.78 is 13.1. The van der Waals surface area contributed by atoms with Gasteiger partial charge in [-0.25, -0.2) is 9.37 Å². The first-order valence-electron chi connectivity index (χ1n) is 6.29. The molecule has 2 aromatic heterocycles. The number of aromatic nitrogens is 3. The maximum atomic E-state index is 13.1. The average molecular weight is 263 g/mol. The normalized spacial score (nSPS) is 11.2. The highest BCUT2D eigenvalue weighted by atomic mass is 19.1. The monoisotopic (exact) mass is 263 g/mol. The molecule has 0 unspecified atom stereocenters. The molecule has 3 nitrogen and oxygen atoms in total. The fraction of sp³-hybridized carbons (Fsp3) is 0. The summed E-state index contributed by atoms with van der Waals surface area (Å²) in [6, 6.07) is 10.5. The molecule has 0 saturated carbocycles. The summed E-state index contributed by atoms with van der Waals surface area (Å²) in [4.78, 5) is 11.7. The second-order valence-corrected chi connectivity index (χ2v) is 4.65. The fourth-order valence-corrected chi connectivity index (χ4v) is 2.53. The number of nitrogens with zero attached hydrogens (tertiary/aromatic N) is 2. The van der Waals surface area contributed by atoms with Crippen LogP contribution >= 0.6 is 0 Å². The van der Waals surface area contributed by atoms with E-state index >= 15 is 0 Å². The van der Waals surface area contributed by atoms with Gasteiger partial charge < -0.3 is 4.98 Å². The van der Waals surface area contributed by atoms with Gasteiger partial charge in [0.2, 0.25) is 0 Å². The Morgan fingerprint density at radius 1 is 1.00 bits per heavy atom. The maximum absolute atomic E-state index is 13.1. The average Bonchev–Trinajstić information content (AvgIpc) is 2.97. The number of nitrogens with one attached hydrogen (secondary N) is 1. The van der Waals surface area contributed by atoms with E-state index in [0.717, 1.165) is 32.9 Å². The van der Waals surface area contributed by atoms with Crippen LogP contribution in [0.15, 0.2) is 55.1 Å². The number of benzene rings is 2. The summed E-state index contributed by atoms with van der Waals surface area (Å²) >= 11 is 0. The second kappa shape index (κ2) is 4.13. The van der Waals surface area contributed by atoms with Crippen molar-refractivity contribution in [3.63, 3.8) is 0 Å². The van der Waals surface area contributed by atoms with Gasteiger partial charge in [0, 0.05) is 34.2 Å². The van der Waals surface area contributed by atoms with Crippen LogP contribution in [-0.2, 0) is 0 Å². The van der Waals surface area contributed by atoms with Crippen molar-refractivity contribution in [2.75, 3.05) is 0 Å². The van der Waals surface area contributed by atoms with Crippen LogP contribution < -0.4 is 0 Å². The van der Waals surface area contributed by atoms with Crippen molar-refractivity contribution >= 4 is 21.8 Å². The molecule has 0 radical (unpaired) electrons. The maximum Gasteiger partial charge on any atom is 0.123 e. The Hall–Kier alpha value is -2.75. The highest BCUT2D eigenvalue weighted by molar-refractivity contribution is 6.11. The van der Waals surface area contributed by atoms with Gasteiger partial charge in [0.05, 0.1) is 11.8 Å². The number of hydrogen-bond donors (Lipinski definition) is 1. The Kier molecular flexibility index (Phi) is 2.29. The topological polar surface area (TPSA) is 41.6 Å². The molecule has 2 aromatic carbocycles. The van der Waals surface area contributed by atoms with Crippen molar-refractivity contribution in [3.05, 3.63) is 60.9 Å². The van der Waals surface area contributed by atoms with Gasteiger partial charge in [0.15, 0.2) is 0 Å². The van der Waals surface area contributed by atoms with E-state index in [-0.39, 0.29) is 5.82 Å². The second-order valence-electron chi connectivity index (χ2n) is 4.65. The van der Waals surface area contributed by atoms with Gasteiger partial charge in [-0.15, -0.1) is 0 Å². The molecule has 0 bridgehead atoms. The summed E-state index contributed by atoms with van der Waals surface area (Å²) in [6.45, 7) is 0. The lowest BCUT2D eigenvalue weighted by Crippen LogP contribution is -1.86. The molecule has 1 N–H and O–H groups in total. The molecule has 4 heteroatoms.